The predicted octanol–water partition coefficient (Wildman–Crippen LogP) is 1.52. The maximum Gasteiger partial charge on any atom is 0.410 e. The molecule has 0 radical (unpaired) electrons. The van der Waals surface area contributed by atoms with E-state index in [2.05, 4.69) is 9.97 Å². The van der Waals surface area contributed by atoms with Crippen LogP contribution in [0.4, 0.5) is 10.6 Å². The first-order valence-electron chi connectivity index (χ1n) is 8.74. The highest BCUT2D eigenvalue weighted by atomic mass is 16.6. The number of hydrogen-bond donors (Lipinski definition) is 0. The Morgan fingerprint density at radius 3 is 2.89 bits per heavy atom. The van der Waals surface area contributed by atoms with E-state index in [4.69, 9.17) is 9.47 Å². The predicted molar refractivity (Wildman–Crippen MR) is 96.5 cm³/mol. The molecule has 1 aromatic carbocycles. The molecule has 0 spiro atoms. The highest BCUT2D eigenvalue weighted by Gasteiger charge is 2.51. The zero-order chi connectivity index (χ0) is 18.9. The molecule has 27 heavy (non-hydrogen) atoms. The van der Waals surface area contributed by atoms with E-state index in [-0.39, 0.29) is 6.09 Å². The van der Waals surface area contributed by atoms with Gasteiger partial charge in [-0.05, 0) is 5.56 Å². The highest BCUT2D eigenvalue weighted by Crippen LogP contribution is 2.34. The number of rotatable bonds is 4. The van der Waals surface area contributed by atoms with Crippen LogP contribution in [0.15, 0.2) is 42.9 Å². The molecular weight excluding hydrogens is 348 g/mol. The van der Waals surface area contributed by atoms with E-state index in [9.17, 15) is 9.59 Å². The van der Waals surface area contributed by atoms with Crippen LogP contribution in [0.3, 0.4) is 0 Å². The standard InChI is InChI=1S/C19H20N4O4/c1-26-17(24)15-10-20-13-21-16(15)22-7-8-23-18(25)27-12-19(23,11-22)9-14-5-3-2-4-6-14/h2-6,10,13H,7-9,11-12H2,1H3. The number of carbonyl (C=O) groups is 2. The fraction of sp³-hybridized carbons (Fsp3) is 0.368. The topological polar surface area (TPSA) is 84.9 Å². The minimum absolute atomic E-state index is 0.290. The lowest BCUT2D eigenvalue weighted by molar-refractivity contribution is 0.0599. The maximum atomic E-state index is 12.3. The zero-order valence-electron chi connectivity index (χ0n) is 15.0. The van der Waals surface area contributed by atoms with Gasteiger partial charge in [0.25, 0.3) is 0 Å². The minimum atomic E-state index is -0.505. The molecule has 1 aromatic heterocycles. The fourth-order valence-corrected chi connectivity index (χ4v) is 3.85. The van der Waals surface area contributed by atoms with Crippen molar-refractivity contribution in [3.63, 3.8) is 0 Å². The minimum Gasteiger partial charge on any atom is -0.465 e. The average molecular weight is 368 g/mol. The first-order valence-corrected chi connectivity index (χ1v) is 8.74. The molecule has 1 atom stereocenters. The smallest absolute Gasteiger partial charge is 0.410 e. The van der Waals surface area contributed by atoms with Crippen molar-refractivity contribution in [2.45, 2.75) is 12.0 Å². The molecule has 8 nitrogen and oxygen atoms in total. The number of methoxy groups -OCH3 is 1. The molecule has 2 aliphatic heterocycles. The van der Waals surface area contributed by atoms with Crippen molar-refractivity contribution < 1.29 is 19.1 Å². The van der Waals surface area contributed by atoms with Crippen molar-refractivity contribution in [1.82, 2.24) is 14.9 Å². The van der Waals surface area contributed by atoms with Crippen LogP contribution < -0.4 is 4.90 Å². The molecule has 0 bridgehead atoms. The lowest BCUT2D eigenvalue weighted by Gasteiger charge is -2.45. The normalized spacial score (nSPS) is 21.6. The summed E-state index contributed by atoms with van der Waals surface area (Å²) >= 11 is 0. The summed E-state index contributed by atoms with van der Waals surface area (Å²) in [6, 6.07) is 10.0. The van der Waals surface area contributed by atoms with Crippen LogP contribution in [0, 0.1) is 0 Å². The number of carbonyl (C=O) groups excluding carboxylic acids is 2. The van der Waals surface area contributed by atoms with Crippen LogP contribution in [0.1, 0.15) is 15.9 Å². The Labute approximate surface area is 156 Å². The van der Waals surface area contributed by atoms with Crippen LogP contribution in [0.5, 0.6) is 0 Å². The van der Waals surface area contributed by atoms with Crippen LogP contribution in [-0.4, -0.2) is 65.8 Å². The van der Waals surface area contributed by atoms with Gasteiger partial charge in [-0.2, -0.15) is 0 Å². The van der Waals surface area contributed by atoms with E-state index in [1.54, 1.807) is 4.90 Å². The number of amides is 1. The largest absolute Gasteiger partial charge is 0.465 e. The molecule has 2 saturated heterocycles. The second-order valence-corrected chi connectivity index (χ2v) is 6.77. The zero-order valence-corrected chi connectivity index (χ0v) is 15.0. The van der Waals surface area contributed by atoms with Gasteiger partial charge in [0, 0.05) is 32.3 Å². The summed E-state index contributed by atoms with van der Waals surface area (Å²) in [6.07, 6.45) is 3.24. The Morgan fingerprint density at radius 1 is 1.30 bits per heavy atom. The van der Waals surface area contributed by atoms with Crippen LogP contribution in [0.2, 0.25) is 0 Å². The van der Waals surface area contributed by atoms with Gasteiger partial charge in [-0.3, -0.25) is 4.90 Å². The summed E-state index contributed by atoms with van der Waals surface area (Å²) in [5.74, 6) is 0.0344. The molecule has 0 aliphatic carbocycles. The highest BCUT2D eigenvalue weighted by molar-refractivity contribution is 5.94. The van der Waals surface area contributed by atoms with E-state index < -0.39 is 11.5 Å². The first kappa shape index (κ1) is 17.3. The number of piperazine rings is 1. The number of anilines is 1. The number of nitrogens with zero attached hydrogens (tertiary/aromatic N) is 4. The second kappa shape index (κ2) is 6.86. The van der Waals surface area contributed by atoms with Gasteiger partial charge in [0.05, 0.1) is 7.11 Å². The molecule has 4 rings (SSSR count). The molecule has 0 N–H and O–H groups in total. The van der Waals surface area contributed by atoms with Gasteiger partial charge in [0.15, 0.2) is 0 Å². The summed E-state index contributed by atoms with van der Waals surface area (Å²) < 4.78 is 10.3. The summed E-state index contributed by atoms with van der Waals surface area (Å²) in [5, 5.41) is 0. The van der Waals surface area contributed by atoms with Gasteiger partial charge in [-0.15, -0.1) is 0 Å². The third-order valence-corrected chi connectivity index (χ3v) is 5.11. The molecule has 1 amide bonds. The number of benzene rings is 1. The molecule has 140 valence electrons. The molecule has 2 aromatic rings. The quantitative estimate of drug-likeness (QED) is 0.757. The van der Waals surface area contributed by atoms with Gasteiger partial charge in [0.1, 0.15) is 29.9 Å². The Morgan fingerprint density at radius 2 is 2.11 bits per heavy atom. The van der Waals surface area contributed by atoms with Crippen molar-refractivity contribution in [3.05, 3.63) is 54.0 Å². The van der Waals surface area contributed by atoms with Crippen molar-refractivity contribution >= 4 is 17.9 Å². The van der Waals surface area contributed by atoms with Crippen molar-refractivity contribution in [2.24, 2.45) is 0 Å². The van der Waals surface area contributed by atoms with Crippen molar-refractivity contribution in [2.75, 3.05) is 38.3 Å². The van der Waals surface area contributed by atoms with Gasteiger partial charge in [-0.25, -0.2) is 19.6 Å². The number of ether oxygens (including phenoxy) is 2. The van der Waals surface area contributed by atoms with Gasteiger partial charge < -0.3 is 14.4 Å². The Hall–Kier alpha value is -3.16. The van der Waals surface area contributed by atoms with E-state index in [1.807, 2.05) is 35.2 Å². The summed E-state index contributed by atoms with van der Waals surface area (Å²) in [4.78, 5) is 36.4. The summed E-state index contributed by atoms with van der Waals surface area (Å²) in [5.41, 5.74) is 0.932. The number of hydrogen-bond acceptors (Lipinski definition) is 7. The van der Waals surface area contributed by atoms with E-state index in [0.717, 1.165) is 5.56 Å². The van der Waals surface area contributed by atoms with Gasteiger partial charge in [-0.1, -0.05) is 30.3 Å². The fourth-order valence-electron chi connectivity index (χ4n) is 3.85. The third kappa shape index (κ3) is 3.07. The van der Waals surface area contributed by atoms with E-state index >= 15 is 0 Å². The van der Waals surface area contributed by atoms with Crippen molar-refractivity contribution in [3.8, 4) is 0 Å². The third-order valence-electron chi connectivity index (χ3n) is 5.11. The first-order chi connectivity index (χ1) is 13.1. The van der Waals surface area contributed by atoms with Crippen molar-refractivity contribution in [1.29, 1.82) is 0 Å². The van der Waals surface area contributed by atoms with Crippen LogP contribution >= 0.6 is 0 Å². The monoisotopic (exact) mass is 368 g/mol. The van der Waals surface area contributed by atoms with Crippen LogP contribution in [0.25, 0.3) is 0 Å². The molecule has 2 fully saturated rings. The Bertz CT molecular complexity index is 860. The lowest BCUT2D eigenvalue weighted by Crippen LogP contribution is -2.63. The summed E-state index contributed by atoms with van der Waals surface area (Å²) in [7, 11) is 1.33. The van der Waals surface area contributed by atoms with Gasteiger partial charge >= 0.3 is 12.1 Å². The average Bonchev–Trinajstić information content (AvgIpc) is 3.04. The molecule has 8 heteroatoms. The number of cyclic esters (lactones) is 1. The Balaban J connectivity index is 1.67. The molecular formula is C19H20N4O4. The summed E-state index contributed by atoms with van der Waals surface area (Å²) in [6.45, 7) is 1.85. The number of fused-ring (bicyclic) bond motifs is 1. The molecule has 2 aliphatic rings. The SMILES string of the molecule is COC(=O)c1cncnc1N1CCN2C(=O)OCC2(Cc2ccccc2)C1. The van der Waals surface area contributed by atoms with E-state index in [1.165, 1.54) is 19.6 Å². The molecule has 1 unspecified atom stereocenters. The molecule has 3 heterocycles. The van der Waals surface area contributed by atoms with Crippen LogP contribution in [-0.2, 0) is 15.9 Å². The van der Waals surface area contributed by atoms with Gasteiger partial charge in [0.2, 0.25) is 0 Å². The number of aromatic nitrogens is 2. The maximum absolute atomic E-state index is 12.3. The number of esters is 1. The van der Waals surface area contributed by atoms with E-state index in [0.29, 0.717) is 44.0 Å². The lowest BCUT2D eigenvalue weighted by atomic mass is 9.88. The molecule has 0 saturated carbocycles. The Kier molecular flexibility index (Phi) is 4.39. The second-order valence-electron chi connectivity index (χ2n) is 6.77.